The highest BCUT2D eigenvalue weighted by Crippen LogP contribution is 2.43. The van der Waals surface area contributed by atoms with Crippen LogP contribution in [-0.4, -0.2) is 61.5 Å². The molecule has 0 aliphatic carbocycles. The molecule has 0 spiro atoms. The van der Waals surface area contributed by atoms with Gasteiger partial charge in [-0.05, 0) is 51.4 Å². The van der Waals surface area contributed by atoms with Crippen molar-refractivity contribution in [3.8, 4) is 0 Å². The van der Waals surface area contributed by atoms with Crippen molar-refractivity contribution in [2.75, 3.05) is 26.4 Å². The average molecular weight is 780 g/mol. The van der Waals surface area contributed by atoms with Crippen molar-refractivity contribution in [3.63, 3.8) is 0 Å². The molecule has 0 aromatic carbocycles. The molecule has 310 valence electrons. The van der Waals surface area contributed by atoms with E-state index in [1.54, 1.807) is 0 Å². The number of carbonyl (C=O) groups excluding carboxylic acids is 2. The summed E-state index contributed by atoms with van der Waals surface area (Å²) in [6, 6.07) is 0. The van der Waals surface area contributed by atoms with E-state index in [2.05, 4.69) is 62.5 Å². The lowest BCUT2D eigenvalue weighted by molar-refractivity contribution is -0.161. The van der Waals surface area contributed by atoms with Crippen molar-refractivity contribution in [1.29, 1.82) is 0 Å². The first-order valence-electron chi connectivity index (χ1n) is 20.9. The number of carbonyl (C=O) groups is 2. The van der Waals surface area contributed by atoms with E-state index in [9.17, 15) is 19.0 Å². The number of epoxide rings is 1. The van der Waals surface area contributed by atoms with Crippen LogP contribution in [0.1, 0.15) is 155 Å². The lowest BCUT2D eigenvalue weighted by Crippen LogP contribution is -2.29. The van der Waals surface area contributed by atoms with Gasteiger partial charge in [0.25, 0.3) is 0 Å². The quantitative estimate of drug-likeness (QED) is 0.0205. The molecule has 11 heteroatoms. The molecule has 1 aliphatic rings. The van der Waals surface area contributed by atoms with Gasteiger partial charge in [0.05, 0.1) is 25.4 Å². The van der Waals surface area contributed by atoms with E-state index in [1.807, 2.05) is 12.2 Å². The molecule has 4 unspecified atom stereocenters. The molecule has 1 rings (SSSR count). The Balaban J connectivity index is 2.24. The van der Waals surface area contributed by atoms with Crippen LogP contribution in [0.2, 0.25) is 0 Å². The number of rotatable bonds is 37. The van der Waals surface area contributed by atoms with Gasteiger partial charge in [-0.3, -0.25) is 18.6 Å². The number of esters is 2. The van der Waals surface area contributed by atoms with Crippen molar-refractivity contribution in [2.45, 2.75) is 173 Å². The van der Waals surface area contributed by atoms with Gasteiger partial charge in [-0.15, -0.1) is 0 Å². The van der Waals surface area contributed by atoms with Gasteiger partial charge in [0, 0.05) is 19.4 Å². The summed E-state index contributed by atoms with van der Waals surface area (Å²) in [4.78, 5) is 34.8. The molecule has 0 saturated carbocycles. The zero-order chi connectivity index (χ0) is 39.4. The Morgan fingerprint density at radius 1 is 0.667 bits per heavy atom. The summed E-state index contributed by atoms with van der Waals surface area (Å²) < 4.78 is 38.2. The molecule has 10 nitrogen and oxygen atoms in total. The van der Waals surface area contributed by atoms with Crippen molar-refractivity contribution in [3.05, 3.63) is 60.8 Å². The second-order valence-electron chi connectivity index (χ2n) is 13.9. The topological polar surface area (TPSA) is 147 Å². The Morgan fingerprint density at radius 2 is 1.19 bits per heavy atom. The summed E-state index contributed by atoms with van der Waals surface area (Å²) in [6.45, 7) is 3.53. The van der Waals surface area contributed by atoms with Crippen LogP contribution >= 0.6 is 7.82 Å². The fourth-order valence-electron chi connectivity index (χ4n) is 5.67. The molecule has 4 atom stereocenters. The van der Waals surface area contributed by atoms with Gasteiger partial charge in [-0.1, -0.05) is 152 Å². The normalized spacial score (nSPS) is 17.7. The van der Waals surface area contributed by atoms with Gasteiger partial charge in [-0.2, -0.15) is 0 Å². The van der Waals surface area contributed by atoms with Gasteiger partial charge in [0.1, 0.15) is 6.61 Å². The summed E-state index contributed by atoms with van der Waals surface area (Å²) in [6.07, 6.45) is 43.2. The standard InChI is InChI=1S/C43H74NO9P/c1-3-5-6-7-8-9-10-14-18-21-24-27-30-33-42(45)49-37-39(38-51-54(47,48)50-36-35-44)52-43(46)34-31-28-25-22-19-16-13-11-12-15-17-20-23-26-29-32-41-40(4-2)53-41/h11-12,16-17,19-20,25-26,28-29,39-41H,3-10,13-15,18,21-24,27,30-38,44H2,1-2H3,(H,47,48)/b12-11+,19-16+,20-17+,28-25+,29-26+. The van der Waals surface area contributed by atoms with E-state index >= 15 is 0 Å². The van der Waals surface area contributed by atoms with Gasteiger partial charge >= 0.3 is 19.8 Å². The highest BCUT2D eigenvalue weighted by molar-refractivity contribution is 7.47. The van der Waals surface area contributed by atoms with Gasteiger partial charge in [0.15, 0.2) is 6.10 Å². The van der Waals surface area contributed by atoms with E-state index in [0.717, 1.165) is 57.8 Å². The molecule has 54 heavy (non-hydrogen) atoms. The van der Waals surface area contributed by atoms with Crippen LogP contribution in [0.25, 0.3) is 0 Å². The monoisotopic (exact) mass is 780 g/mol. The Morgan fingerprint density at radius 3 is 1.70 bits per heavy atom. The molecule has 1 saturated heterocycles. The number of phosphoric acid groups is 1. The van der Waals surface area contributed by atoms with Crippen LogP contribution in [-0.2, 0) is 37.4 Å². The number of unbranched alkanes of at least 4 members (excludes halogenated alkanes) is 12. The predicted octanol–water partition coefficient (Wildman–Crippen LogP) is 10.7. The molecule has 1 fully saturated rings. The smallest absolute Gasteiger partial charge is 0.462 e. The first-order chi connectivity index (χ1) is 26.3. The Bertz CT molecular complexity index is 1140. The average Bonchev–Trinajstić information content (AvgIpc) is 3.93. The van der Waals surface area contributed by atoms with Crippen molar-refractivity contribution in [2.24, 2.45) is 5.73 Å². The second kappa shape index (κ2) is 35.1. The first kappa shape index (κ1) is 49.7. The van der Waals surface area contributed by atoms with Crippen LogP contribution in [0.15, 0.2) is 60.8 Å². The van der Waals surface area contributed by atoms with E-state index in [1.165, 1.54) is 64.2 Å². The number of ether oxygens (including phenoxy) is 3. The fourth-order valence-corrected chi connectivity index (χ4v) is 6.43. The molecule has 0 aromatic heterocycles. The second-order valence-corrected chi connectivity index (χ2v) is 15.3. The highest BCUT2D eigenvalue weighted by Gasteiger charge is 2.35. The molecule has 1 aliphatic heterocycles. The summed E-state index contributed by atoms with van der Waals surface area (Å²) in [7, 11) is -4.40. The first-order valence-corrected chi connectivity index (χ1v) is 22.4. The fraction of sp³-hybridized carbons (Fsp3) is 0.721. The highest BCUT2D eigenvalue weighted by atomic mass is 31.2. The maximum atomic E-state index is 12.5. The van der Waals surface area contributed by atoms with Gasteiger partial charge in [-0.25, -0.2) is 4.57 Å². The third-order valence-electron chi connectivity index (χ3n) is 8.90. The lowest BCUT2D eigenvalue weighted by atomic mass is 10.0. The van der Waals surface area contributed by atoms with Crippen molar-refractivity contribution >= 4 is 19.8 Å². The number of allylic oxidation sites excluding steroid dienone is 9. The minimum Gasteiger partial charge on any atom is -0.462 e. The minimum absolute atomic E-state index is 0.0386. The van der Waals surface area contributed by atoms with Crippen LogP contribution in [0, 0.1) is 0 Å². The van der Waals surface area contributed by atoms with Crippen LogP contribution in [0.5, 0.6) is 0 Å². The molecule has 0 aromatic rings. The summed E-state index contributed by atoms with van der Waals surface area (Å²) in [5, 5.41) is 0. The Hall–Kier alpha value is -2.33. The molecule has 0 amide bonds. The molecular weight excluding hydrogens is 705 g/mol. The third-order valence-corrected chi connectivity index (χ3v) is 9.89. The van der Waals surface area contributed by atoms with Crippen LogP contribution in [0.3, 0.4) is 0 Å². The van der Waals surface area contributed by atoms with E-state index in [4.69, 9.17) is 29.0 Å². The lowest BCUT2D eigenvalue weighted by Gasteiger charge is -2.19. The van der Waals surface area contributed by atoms with Crippen LogP contribution < -0.4 is 5.73 Å². The molecule has 1 heterocycles. The van der Waals surface area contributed by atoms with Gasteiger partial charge < -0.3 is 24.8 Å². The van der Waals surface area contributed by atoms with E-state index < -0.39 is 32.5 Å². The molecule has 0 radical (unpaired) electrons. The van der Waals surface area contributed by atoms with Crippen molar-refractivity contribution in [1.82, 2.24) is 0 Å². The molecule has 3 N–H and O–H groups in total. The van der Waals surface area contributed by atoms with E-state index in [-0.39, 0.29) is 32.6 Å². The van der Waals surface area contributed by atoms with Crippen molar-refractivity contribution < 1.29 is 42.3 Å². The number of phosphoric ester groups is 1. The Labute approximate surface area is 327 Å². The largest absolute Gasteiger partial charge is 0.472 e. The molecule has 0 bridgehead atoms. The minimum atomic E-state index is -4.40. The third kappa shape index (κ3) is 32.0. The number of hydrogen-bond donors (Lipinski definition) is 2. The molecular formula is C43H74NO9P. The summed E-state index contributed by atoms with van der Waals surface area (Å²) in [5.41, 5.74) is 5.33. The zero-order valence-corrected chi connectivity index (χ0v) is 34.5. The maximum Gasteiger partial charge on any atom is 0.472 e. The van der Waals surface area contributed by atoms with Gasteiger partial charge in [0.2, 0.25) is 0 Å². The number of nitrogens with two attached hydrogens (primary N) is 1. The Kier molecular flexibility index (Phi) is 32.3. The van der Waals surface area contributed by atoms with Crippen LogP contribution in [0.4, 0.5) is 0 Å². The summed E-state index contributed by atoms with van der Waals surface area (Å²) >= 11 is 0. The maximum absolute atomic E-state index is 12.5. The predicted molar refractivity (Wildman–Crippen MR) is 219 cm³/mol. The SMILES string of the molecule is CCCCCCCCCCCCCCCC(=O)OCC(COP(=O)(O)OCCN)OC(=O)CC/C=C/C/C=C/C/C=C/C/C=C/C/C=C/CC1OC1CC. The zero-order valence-electron chi connectivity index (χ0n) is 33.6. The van der Waals surface area contributed by atoms with E-state index in [0.29, 0.717) is 18.6 Å². The number of hydrogen-bond acceptors (Lipinski definition) is 9. The summed E-state index contributed by atoms with van der Waals surface area (Å²) in [5.74, 6) is -0.932.